The Hall–Kier alpha value is -2.20. The van der Waals surface area contributed by atoms with Gasteiger partial charge in [0.1, 0.15) is 5.82 Å². The maximum Gasteiger partial charge on any atom is 0.251 e. The molecule has 0 aliphatic carbocycles. The Balaban J connectivity index is 1.49. The number of nitrogens with zero attached hydrogens (tertiary/aromatic N) is 1. The normalized spacial score (nSPS) is 15.9. The van der Waals surface area contributed by atoms with E-state index >= 15 is 0 Å². The number of likely N-dealkylation sites (tertiary alicyclic amines) is 1. The molecule has 0 bridgehead atoms. The quantitative estimate of drug-likeness (QED) is 0.893. The minimum atomic E-state index is -0.338. The molecule has 0 aromatic heterocycles. The fourth-order valence-electron chi connectivity index (χ4n) is 3.13. The summed E-state index contributed by atoms with van der Waals surface area (Å²) in [6.07, 6.45) is 2.57. The fraction of sp³-hybridized carbons (Fsp3) is 0.381. The Morgan fingerprint density at radius 2 is 1.64 bits per heavy atom. The van der Waals surface area contributed by atoms with Crippen molar-refractivity contribution in [3.63, 3.8) is 0 Å². The molecule has 1 fully saturated rings. The smallest absolute Gasteiger partial charge is 0.251 e. The first-order valence-electron chi connectivity index (χ1n) is 8.94. The first kappa shape index (κ1) is 17.6. The molecule has 1 saturated heterocycles. The largest absolute Gasteiger partial charge is 0.348 e. The van der Waals surface area contributed by atoms with Crippen molar-refractivity contribution in [2.24, 2.45) is 5.92 Å². The van der Waals surface area contributed by atoms with Gasteiger partial charge >= 0.3 is 0 Å². The topological polar surface area (TPSA) is 32.3 Å². The number of amides is 1. The van der Waals surface area contributed by atoms with Gasteiger partial charge in [-0.2, -0.15) is 0 Å². The van der Waals surface area contributed by atoms with Crippen LogP contribution in [0.2, 0.25) is 0 Å². The summed E-state index contributed by atoms with van der Waals surface area (Å²) >= 11 is 0. The van der Waals surface area contributed by atoms with E-state index in [9.17, 15) is 9.18 Å². The third-order valence-corrected chi connectivity index (χ3v) is 4.86. The summed E-state index contributed by atoms with van der Waals surface area (Å²) in [4.78, 5) is 14.6. The van der Waals surface area contributed by atoms with Gasteiger partial charge in [-0.05, 0) is 67.2 Å². The van der Waals surface area contributed by atoms with Crippen LogP contribution in [-0.2, 0) is 13.1 Å². The van der Waals surface area contributed by atoms with Crippen molar-refractivity contribution >= 4 is 5.91 Å². The second-order valence-corrected chi connectivity index (χ2v) is 6.96. The zero-order valence-corrected chi connectivity index (χ0v) is 14.7. The summed E-state index contributed by atoms with van der Waals surface area (Å²) < 4.78 is 12.9. The van der Waals surface area contributed by atoms with E-state index in [1.807, 2.05) is 0 Å². The third-order valence-electron chi connectivity index (χ3n) is 4.86. The van der Waals surface area contributed by atoms with Gasteiger partial charge in [0.2, 0.25) is 0 Å². The molecule has 132 valence electrons. The zero-order chi connectivity index (χ0) is 17.6. The predicted molar refractivity (Wildman–Crippen MR) is 97.7 cm³/mol. The molecule has 1 N–H and O–H groups in total. The number of carbonyl (C=O) groups excluding carboxylic acids is 1. The minimum absolute atomic E-state index is 0.188. The summed E-state index contributed by atoms with van der Waals surface area (Å²) in [6.45, 7) is 6.15. The molecule has 0 saturated carbocycles. The number of nitrogens with one attached hydrogen (secondary N) is 1. The van der Waals surface area contributed by atoms with Crippen LogP contribution in [0.4, 0.5) is 4.39 Å². The van der Waals surface area contributed by atoms with Crippen LogP contribution < -0.4 is 5.32 Å². The molecule has 1 aliphatic heterocycles. The average Bonchev–Trinajstić information content (AvgIpc) is 2.63. The van der Waals surface area contributed by atoms with Crippen LogP contribution in [0, 0.1) is 11.7 Å². The standard InChI is InChI=1S/C21H25FN2O/c1-16-10-12-24(13-11-16)15-18-4-2-17(3-5-18)14-23-21(25)19-6-8-20(22)9-7-19/h2-9,16H,10-15H2,1H3,(H,23,25). The number of hydrogen-bond donors (Lipinski definition) is 1. The average molecular weight is 340 g/mol. The van der Waals surface area contributed by atoms with Gasteiger partial charge in [-0.25, -0.2) is 4.39 Å². The highest BCUT2D eigenvalue weighted by Crippen LogP contribution is 2.18. The number of rotatable bonds is 5. The van der Waals surface area contributed by atoms with Crippen LogP contribution in [0.25, 0.3) is 0 Å². The van der Waals surface area contributed by atoms with Gasteiger partial charge in [0.15, 0.2) is 0 Å². The van der Waals surface area contributed by atoms with E-state index in [1.165, 1.54) is 55.8 Å². The van der Waals surface area contributed by atoms with E-state index < -0.39 is 0 Å². The summed E-state index contributed by atoms with van der Waals surface area (Å²) in [7, 11) is 0. The molecule has 3 rings (SSSR count). The van der Waals surface area contributed by atoms with Crippen molar-refractivity contribution in [3.05, 3.63) is 71.0 Å². The molecule has 2 aromatic carbocycles. The maximum atomic E-state index is 12.9. The van der Waals surface area contributed by atoms with Gasteiger partial charge < -0.3 is 5.32 Å². The lowest BCUT2D eigenvalue weighted by molar-refractivity contribution is 0.0951. The molecule has 25 heavy (non-hydrogen) atoms. The lowest BCUT2D eigenvalue weighted by atomic mass is 9.99. The Bertz CT molecular complexity index is 689. The molecule has 1 amide bonds. The van der Waals surface area contributed by atoms with Crippen LogP contribution in [0.1, 0.15) is 41.3 Å². The van der Waals surface area contributed by atoms with Crippen LogP contribution in [0.3, 0.4) is 0 Å². The number of halogens is 1. The lowest BCUT2D eigenvalue weighted by Gasteiger charge is -2.30. The summed E-state index contributed by atoms with van der Waals surface area (Å²) in [5, 5.41) is 2.87. The molecule has 1 aliphatic rings. The van der Waals surface area contributed by atoms with Gasteiger partial charge in [0, 0.05) is 18.7 Å². The van der Waals surface area contributed by atoms with Crippen LogP contribution >= 0.6 is 0 Å². The van der Waals surface area contributed by atoms with Gasteiger partial charge in [-0.1, -0.05) is 31.2 Å². The number of piperidine rings is 1. The zero-order valence-electron chi connectivity index (χ0n) is 14.7. The van der Waals surface area contributed by atoms with Crippen molar-refractivity contribution in [1.82, 2.24) is 10.2 Å². The lowest BCUT2D eigenvalue weighted by Crippen LogP contribution is -2.32. The highest BCUT2D eigenvalue weighted by molar-refractivity contribution is 5.94. The fourth-order valence-corrected chi connectivity index (χ4v) is 3.13. The molecule has 4 heteroatoms. The molecule has 3 nitrogen and oxygen atoms in total. The molecular weight excluding hydrogens is 315 g/mol. The highest BCUT2D eigenvalue weighted by atomic mass is 19.1. The third kappa shape index (κ3) is 5.13. The SMILES string of the molecule is CC1CCN(Cc2ccc(CNC(=O)c3ccc(F)cc3)cc2)CC1. The molecule has 2 aromatic rings. The molecule has 0 unspecified atom stereocenters. The van der Waals surface area contributed by atoms with Crippen molar-refractivity contribution in [3.8, 4) is 0 Å². The van der Waals surface area contributed by atoms with E-state index in [1.54, 1.807) is 0 Å². The van der Waals surface area contributed by atoms with E-state index in [4.69, 9.17) is 0 Å². The first-order valence-corrected chi connectivity index (χ1v) is 8.94. The van der Waals surface area contributed by atoms with Gasteiger partial charge in [-0.15, -0.1) is 0 Å². The number of benzene rings is 2. The summed E-state index contributed by atoms with van der Waals surface area (Å²) in [5.74, 6) is 0.324. The molecule has 0 atom stereocenters. The van der Waals surface area contributed by atoms with E-state index in [-0.39, 0.29) is 11.7 Å². The van der Waals surface area contributed by atoms with E-state index in [0.717, 1.165) is 18.0 Å². The highest BCUT2D eigenvalue weighted by Gasteiger charge is 2.15. The second-order valence-electron chi connectivity index (χ2n) is 6.96. The van der Waals surface area contributed by atoms with E-state index in [0.29, 0.717) is 12.1 Å². The van der Waals surface area contributed by atoms with Crippen molar-refractivity contribution in [1.29, 1.82) is 0 Å². The molecule has 1 heterocycles. The number of hydrogen-bond acceptors (Lipinski definition) is 2. The van der Waals surface area contributed by atoms with Gasteiger partial charge in [-0.3, -0.25) is 9.69 Å². The Kier molecular flexibility index (Phi) is 5.82. The van der Waals surface area contributed by atoms with Crippen LogP contribution in [0.5, 0.6) is 0 Å². The van der Waals surface area contributed by atoms with Crippen molar-refractivity contribution in [2.75, 3.05) is 13.1 Å². The second kappa shape index (κ2) is 8.26. The van der Waals surface area contributed by atoms with Crippen LogP contribution in [-0.4, -0.2) is 23.9 Å². The first-order chi connectivity index (χ1) is 12.1. The van der Waals surface area contributed by atoms with Crippen molar-refractivity contribution in [2.45, 2.75) is 32.9 Å². The predicted octanol–water partition coefficient (Wildman–Crippen LogP) is 3.99. The summed E-state index contributed by atoms with van der Waals surface area (Å²) in [6, 6.07) is 14.0. The van der Waals surface area contributed by atoms with Gasteiger partial charge in [0.05, 0.1) is 0 Å². The Morgan fingerprint density at radius 3 is 2.28 bits per heavy atom. The van der Waals surface area contributed by atoms with E-state index in [2.05, 4.69) is 41.4 Å². The maximum absolute atomic E-state index is 12.9. The molecule has 0 radical (unpaired) electrons. The van der Waals surface area contributed by atoms with Crippen molar-refractivity contribution < 1.29 is 9.18 Å². The Morgan fingerprint density at radius 1 is 1.04 bits per heavy atom. The Labute approximate surface area is 148 Å². The molecule has 0 spiro atoms. The number of carbonyl (C=O) groups is 1. The molecular formula is C21H25FN2O. The van der Waals surface area contributed by atoms with Gasteiger partial charge in [0.25, 0.3) is 5.91 Å². The van der Waals surface area contributed by atoms with Crippen LogP contribution in [0.15, 0.2) is 48.5 Å². The monoisotopic (exact) mass is 340 g/mol. The summed E-state index contributed by atoms with van der Waals surface area (Å²) in [5.41, 5.74) is 2.84. The minimum Gasteiger partial charge on any atom is -0.348 e.